The van der Waals surface area contributed by atoms with E-state index in [9.17, 15) is 4.79 Å². The van der Waals surface area contributed by atoms with Gasteiger partial charge in [0.2, 0.25) is 5.95 Å². The second-order valence-corrected chi connectivity index (χ2v) is 5.89. The summed E-state index contributed by atoms with van der Waals surface area (Å²) in [5.74, 6) is 1.00. The molecule has 2 aromatic heterocycles. The van der Waals surface area contributed by atoms with Crippen molar-refractivity contribution < 1.29 is 9.53 Å². The molecule has 7 nitrogen and oxygen atoms in total. The summed E-state index contributed by atoms with van der Waals surface area (Å²) >= 11 is 0. The topological polar surface area (TPSA) is 84.8 Å². The molecule has 0 aliphatic rings. The number of amides is 1. The quantitative estimate of drug-likeness (QED) is 0.729. The number of aromatic amines is 1. The van der Waals surface area contributed by atoms with Crippen molar-refractivity contribution in [1.82, 2.24) is 19.7 Å². The molecule has 0 radical (unpaired) electrons. The van der Waals surface area contributed by atoms with Crippen LogP contribution in [0.25, 0.3) is 10.9 Å². The highest BCUT2D eigenvalue weighted by Crippen LogP contribution is 2.21. The molecule has 1 amide bonds. The minimum absolute atomic E-state index is 0.219. The predicted octanol–water partition coefficient (Wildman–Crippen LogP) is 2.78. The van der Waals surface area contributed by atoms with Crippen LogP contribution in [0.1, 0.15) is 36.1 Å². The Bertz CT molecular complexity index is 850. The van der Waals surface area contributed by atoms with Gasteiger partial charge in [-0.25, -0.2) is 0 Å². The van der Waals surface area contributed by atoms with Crippen molar-refractivity contribution in [3.63, 3.8) is 0 Å². The molecule has 2 heterocycles. The van der Waals surface area contributed by atoms with Gasteiger partial charge in [-0.15, -0.1) is 5.10 Å². The Morgan fingerprint density at radius 1 is 1.38 bits per heavy atom. The third-order valence-electron chi connectivity index (χ3n) is 3.84. The monoisotopic (exact) mass is 327 g/mol. The number of hydrogen-bond acceptors (Lipinski definition) is 4. The Labute approximate surface area is 140 Å². The first-order valence-corrected chi connectivity index (χ1v) is 7.91. The van der Waals surface area contributed by atoms with Gasteiger partial charge in [0.15, 0.2) is 0 Å². The van der Waals surface area contributed by atoms with Crippen molar-refractivity contribution >= 4 is 22.8 Å². The van der Waals surface area contributed by atoms with Crippen molar-refractivity contribution in [2.75, 3.05) is 19.0 Å². The number of aromatic nitrogens is 4. The SMILES string of the molecule is COCCn1c(C(=O)Nc2n[nH]c(C(C)C)n2)cc2ccccc21. The highest BCUT2D eigenvalue weighted by atomic mass is 16.5. The van der Waals surface area contributed by atoms with Crippen LogP contribution in [0.4, 0.5) is 5.95 Å². The standard InChI is InChI=1S/C17H21N5O2/c1-11(2)15-18-17(21-20-15)19-16(23)14-10-12-6-4-5-7-13(12)22(14)8-9-24-3/h4-7,10-11H,8-9H2,1-3H3,(H2,18,19,20,21,23). The molecule has 7 heteroatoms. The summed E-state index contributed by atoms with van der Waals surface area (Å²) in [4.78, 5) is 17.0. The van der Waals surface area contributed by atoms with Gasteiger partial charge in [-0.05, 0) is 12.1 Å². The summed E-state index contributed by atoms with van der Waals surface area (Å²) in [6, 6.07) is 9.76. The van der Waals surface area contributed by atoms with E-state index in [2.05, 4.69) is 20.5 Å². The van der Waals surface area contributed by atoms with Crippen molar-refractivity contribution in [1.29, 1.82) is 0 Å². The van der Waals surface area contributed by atoms with Crippen LogP contribution in [0.15, 0.2) is 30.3 Å². The van der Waals surface area contributed by atoms with Gasteiger partial charge in [0.1, 0.15) is 11.5 Å². The molecule has 1 aromatic carbocycles. The molecule has 0 saturated heterocycles. The number of fused-ring (bicyclic) bond motifs is 1. The summed E-state index contributed by atoms with van der Waals surface area (Å²) in [6.07, 6.45) is 0. The largest absolute Gasteiger partial charge is 0.383 e. The van der Waals surface area contributed by atoms with Crippen LogP contribution in [-0.2, 0) is 11.3 Å². The highest BCUT2D eigenvalue weighted by molar-refractivity contribution is 6.05. The van der Waals surface area contributed by atoms with Gasteiger partial charge in [0.05, 0.1) is 6.61 Å². The highest BCUT2D eigenvalue weighted by Gasteiger charge is 2.17. The first-order chi connectivity index (χ1) is 11.6. The third-order valence-corrected chi connectivity index (χ3v) is 3.84. The first-order valence-electron chi connectivity index (χ1n) is 7.91. The van der Waals surface area contributed by atoms with E-state index in [1.165, 1.54) is 0 Å². The van der Waals surface area contributed by atoms with Crippen molar-refractivity contribution in [2.45, 2.75) is 26.3 Å². The van der Waals surface area contributed by atoms with E-state index in [1.54, 1.807) is 7.11 Å². The molecule has 0 saturated carbocycles. The Balaban J connectivity index is 1.90. The number of carbonyl (C=O) groups excluding carboxylic acids is 1. The zero-order valence-electron chi connectivity index (χ0n) is 14.0. The fourth-order valence-corrected chi connectivity index (χ4v) is 2.58. The number of hydrogen-bond donors (Lipinski definition) is 2. The first kappa shape index (κ1) is 16.2. The Kier molecular flexibility index (Phi) is 4.61. The second kappa shape index (κ2) is 6.84. The molecule has 0 atom stereocenters. The van der Waals surface area contributed by atoms with Crippen LogP contribution in [-0.4, -0.2) is 39.4 Å². The van der Waals surface area contributed by atoms with E-state index in [0.29, 0.717) is 18.8 Å². The average molecular weight is 327 g/mol. The lowest BCUT2D eigenvalue weighted by molar-refractivity contribution is 0.101. The van der Waals surface area contributed by atoms with Crippen LogP contribution in [0.2, 0.25) is 0 Å². The molecule has 0 bridgehead atoms. The molecular formula is C17H21N5O2. The maximum absolute atomic E-state index is 12.7. The number of ether oxygens (including phenoxy) is 1. The molecular weight excluding hydrogens is 306 g/mol. The van der Waals surface area contributed by atoms with E-state index >= 15 is 0 Å². The molecule has 126 valence electrons. The molecule has 0 spiro atoms. The maximum Gasteiger partial charge on any atom is 0.274 e. The van der Waals surface area contributed by atoms with Gasteiger partial charge >= 0.3 is 0 Å². The van der Waals surface area contributed by atoms with Crippen LogP contribution < -0.4 is 5.32 Å². The number of carbonyl (C=O) groups is 1. The number of anilines is 1. The van der Waals surface area contributed by atoms with Gasteiger partial charge in [-0.3, -0.25) is 15.2 Å². The van der Waals surface area contributed by atoms with Gasteiger partial charge in [-0.2, -0.15) is 4.98 Å². The van der Waals surface area contributed by atoms with E-state index in [4.69, 9.17) is 4.74 Å². The fourth-order valence-electron chi connectivity index (χ4n) is 2.58. The summed E-state index contributed by atoms with van der Waals surface area (Å²) in [6.45, 7) is 5.14. The number of nitrogens with zero attached hydrogens (tertiary/aromatic N) is 3. The fraction of sp³-hybridized carbons (Fsp3) is 0.353. The van der Waals surface area contributed by atoms with Crippen LogP contribution in [0, 0.1) is 0 Å². The van der Waals surface area contributed by atoms with Gasteiger partial charge in [-0.1, -0.05) is 32.0 Å². The summed E-state index contributed by atoms with van der Waals surface area (Å²) in [7, 11) is 1.65. The molecule has 0 fully saturated rings. The minimum atomic E-state index is -0.239. The number of nitrogens with one attached hydrogen (secondary N) is 2. The summed E-state index contributed by atoms with van der Waals surface area (Å²) in [5, 5.41) is 10.6. The normalized spacial score (nSPS) is 11.3. The predicted molar refractivity (Wildman–Crippen MR) is 92.2 cm³/mol. The molecule has 3 rings (SSSR count). The maximum atomic E-state index is 12.7. The van der Waals surface area contributed by atoms with Gasteiger partial charge in [0.25, 0.3) is 5.91 Å². The van der Waals surface area contributed by atoms with Crippen LogP contribution >= 0.6 is 0 Å². The molecule has 0 unspecified atom stereocenters. The van der Waals surface area contributed by atoms with Crippen molar-refractivity contribution in [3.8, 4) is 0 Å². The summed E-state index contributed by atoms with van der Waals surface area (Å²) in [5.41, 5.74) is 1.56. The summed E-state index contributed by atoms with van der Waals surface area (Å²) < 4.78 is 7.11. The number of methoxy groups -OCH3 is 1. The number of benzene rings is 1. The third kappa shape index (κ3) is 3.16. The van der Waals surface area contributed by atoms with Gasteiger partial charge < -0.3 is 9.30 Å². The molecule has 3 aromatic rings. The zero-order chi connectivity index (χ0) is 17.1. The average Bonchev–Trinajstić information content (AvgIpc) is 3.17. The zero-order valence-corrected chi connectivity index (χ0v) is 14.0. The number of H-pyrrole nitrogens is 1. The van der Waals surface area contributed by atoms with E-state index in [-0.39, 0.29) is 17.8 Å². The Morgan fingerprint density at radius 3 is 2.88 bits per heavy atom. The van der Waals surface area contributed by atoms with Gasteiger partial charge in [0, 0.05) is 30.5 Å². The Morgan fingerprint density at radius 2 is 2.17 bits per heavy atom. The smallest absolute Gasteiger partial charge is 0.274 e. The lowest BCUT2D eigenvalue weighted by Gasteiger charge is -2.09. The molecule has 0 aliphatic carbocycles. The second-order valence-electron chi connectivity index (χ2n) is 5.89. The molecule has 0 aliphatic heterocycles. The number of para-hydroxylation sites is 1. The van der Waals surface area contributed by atoms with Crippen molar-refractivity contribution in [3.05, 3.63) is 41.9 Å². The molecule has 2 N–H and O–H groups in total. The van der Waals surface area contributed by atoms with E-state index in [1.807, 2.05) is 48.7 Å². The van der Waals surface area contributed by atoms with E-state index in [0.717, 1.165) is 16.7 Å². The van der Waals surface area contributed by atoms with Crippen LogP contribution in [0.5, 0.6) is 0 Å². The lowest BCUT2D eigenvalue weighted by atomic mass is 10.2. The van der Waals surface area contributed by atoms with Crippen LogP contribution in [0.3, 0.4) is 0 Å². The lowest BCUT2D eigenvalue weighted by Crippen LogP contribution is -2.19. The van der Waals surface area contributed by atoms with E-state index < -0.39 is 0 Å². The molecule has 24 heavy (non-hydrogen) atoms. The van der Waals surface area contributed by atoms with Crippen molar-refractivity contribution in [2.24, 2.45) is 0 Å². The number of rotatable bonds is 6. The minimum Gasteiger partial charge on any atom is -0.383 e. The Hall–Kier alpha value is -2.67.